The molecule has 0 saturated heterocycles. The van der Waals surface area contributed by atoms with E-state index in [1.54, 1.807) is 18.2 Å². The molecule has 4 rings (SSSR count). The van der Waals surface area contributed by atoms with Gasteiger partial charge in [0.1, 0.15) is 5.75 Å². The lowest BCUT2D eigenvalue weighted by Crippen LogP contribution is -2.08. The van der Waals surface area contributed by atoms with E-state index in [-0.39, 0.29) is 23.6 Å². The van der Waals surface area contributed by atoms with Crippen LogP contribution in [-0.2, 0) is 16.5 Å². The van der Waals surface area contributed by atoms with Crippen molar-refractivity contribution >= 4 is 37.4 Å². The Balaban J connectivity index is 2.08. The first-order valence-electron chi connectivity index (χ1n) is 9.54. The summed E-state index contributed by atoms with van der Waals surface area (Å²) < 4.78 is 45.6. The number of rotatable bonds is 6. The van der Waals surface area contributed by atoms with Gasteiger partial charge in [-0.3, -0.25) is 14.7 Å². The van der Waals surface area contributed by atoms with Gasteiger partial charge in [-0.05, 0) is 33.9 Å². The quantitative estimate of drug-likeness (QED) is 0.194. The Kier molecular flexibility index (Phi) is 5.45. The Morgan fingerprint density at radius 2 is 1.47 bits per heavy atom. The second-order valence-electron chi connectivity index (χ2n) is 7.19. The molecule has 0 amide bonds. The maximum Gasteiger partial charge on any atom is 0.302 e. The SMILES string of the molecule is COc1c(S(=O)(=O)O)c(OC)c2cc3ccccc3cc2c1Cc1ccc([N+](=O)[O-])cc1. The summed E-state index contributed by atoms with van der Waals surface area (Å²) in [5, 5.41) is 13.9. The number of fused-ring (bicyclic) bond motifs is 2. The molecule has 164 valence electrons. The minimum absolute atomic E-state index is 0.0162. The topological polar surface area (TPSA) is 116 Å². The highest BCUT2D eigenvalue weighted by molar-refractivity contribution is 7.86. The molecule has 1 N–H and O–H groups in total. The molecule has 0 aliphatic heterocycles. The molecular weight excluding hydrogens is 434 g/mol. The molecule has 0 unspecified atom stereocenters. The first-order valence-corrected chi connectivity index (χ1v) is 11.0. The molecule has 0 fully saturated rings. The molecule has 0 saturated carbocycles. The van der Waals surface area contributed by atoms with Gasteiger partial charge in [0.2, 0.25) is 0 Å². The zero-order valence-electron chi connectivity index (χ0n) is 17.2. The number of benzene rings is 4. The molecule has 9 heteroatoms. The van der Waals surface area contributed by atoms with Crippen molar-refractivity contribution in [2.75, 3.05) is 14.2 Å². The van der Waals surface area contributed by atoms with Crippen molar-refractivity contribution in [1.29, 1.82) is 0 Å². The van der Waals surface area contributed by atoms with Crippen molar-refractivity contribution in [3.8, 4) is 11.5 Å². The van der Waals surface area contributed by atoms with Crippen LogP contribution >= 0.6 is 0 Å². The summed E-state index contributed by atoms with van der Waals surface area (Å²) in [6, 6.07) is 17.3. The van der Waals surface area contributed by atoms with Crippen molar-refractivity contribution < 1.29 is 27.4 Å². The Hall–Kier alpha value is -3.69. The third-order valence-electron chi connectivity index (χ3n) is 5.34. The van der Waals surface area contributed by atoms with Crippen LogP contribution in [0.2, 0.25) is 0 Å². The second kappa shape index (κ2) is 8.10. The maximum atomic E-state index is 12.3. The van der Waals surface area contributed by atoms with Crippen molar-refractivity contribution in [3.05, 3.63) is 81.9 Å². The molecule has 0 atom stereocenters. The highest BCUT2D eigenvalue weighted by Crippen LogP contribution is 2.45. The summed E-state index contributed by atoms with van der Waals surface area (Å²) in [4.78, 5) is 10.0. The number of ether oxygens (including phenoxy) is 2. The Morgan fingerprint density at radius 3 is 1.97 bits per heavy atom. The van der Waals surface area contributed by atoms with Gasteiger partial charge in [0.05, 0.1) is 19.1 Å². The number of hydrogen-bond acceptors (Lipinski definition) is 6. The van der Waals surface area contributed by atoms with E-state index in [1.807, 2.05) is 30.3 Å². The lowest BCUT2D eigenvalue weighted by Gasteiger charge is -2.20. The van der Waals surface area contributed by atoms with Crippen LogP contribution in [0.5, 0.6) is 11.5 Å². The lowest BCUT2D eigenvalue weighted by molar-refractivity contribution is -0.384. The van der Waals surface area contributed by atoms with Gasteiger partial charge >= 0.3 is 10.1 Å². The largest absolute Gasteiger partial charge is 0.495 e. The summed E-state index contributed by atoms with van der Waals surface area (Å²) in [5.41, 5.74) is 1.16. The van der Waals surface area contributed by atoms with Gasteiger partial charge in [0, 0.05) is 29.5 Å². The van der Waals surface area contributed by atoms with Crippen LogP contribution in [0.1, 0.15) is 11.1 Å². The van der Waals surface area contributed by atoms with Crippen LogP contribution in [0.25, 0.3) is 21.5 Å². The molecule has 0 aromatic heterocycles. The van der Waals surface area contributed by atoms with Crippen LogP contribution in [0, 0.1) is 10.1 Å². The van der Waals surface area contributed by atoms with Gasteiger partial charge in [0.25, 0.3) is 5.69 Å². The fraction of sp³-hybridized carbons (Fsp3) is 0.130. The van der Waals surface area contributed by atoms with E-state index >= 15 is 0 Å². The molecule has 0 radical (unpaired) electrons. The number of non-ortho nitro benzene ring substituents is 1. The fourth-order valence-electron chi connectivity index (χ4n) is 3.93. The molecule has 8 nitrogen and oxygen atoms in total. The second-order valence-corrected chi connectivity index (χ2v) is 8.55. The Morgan fingerprint density at radius 1 is 0.906 bits per heavy atom. The highest BCUT2D eigenvalue weighted by atomic mass is 32.2. The molecule has 32 heavy (non-hydrogen) atoms. The summed E-state index contributed by atoms with van der Waals surface area (Å²) in [7, 11) is -2.06. The molecule has 0 aliphatic carbocycles. The van der Waals surface area contributed by atoms with Crippen LogP contribution < -0.4 is 9.47 Å². The van der Waals surface area contributed by atoms with Crippen molar-refractivity contribution in [3.63, 3.8) is 0 Å². The molecule has 4 aromatic rings. The minimum Gasteiger partial charge on any atom is -0.495 e. The number of nitrogens with zero attached hydrogens (tertiary/aromatic N) is 1. The average molecular weight is 453 g/mol. The summed E-state index contributed by atoms with van der Waals surface area (Å²) in [6.45, 7) is 0. The molecule has 0 bridgehead atoms. The molecular formula is C23H19NO7S. The van der Waals surface area contributed by atoms with Gasteiger partial charge < -0.3 is 9.47 Å². The predicted octanol–water partition coefficient (Wildman–Crippen LogP) is 4.76. The average Bonchev–Trinajstić information content (AvgIpc) is 2.77. The van der Waals surface area contributed by atoms with Crippen molar-refractivity contribution in [2.45, 2.75) is 11.3 Å². The van der Waals surface area contributed by atoms with E-state index in [2.05, 4.69) is 0 Å². The van der Waals surface area contributed by atoms with E-state index in [1.165, 1.54) is 26.4 Å². The minimum atomic E-state index is -4.71. The number of methoxy groups -OCH3 is 2. The summed E-state index contributed by atoms with van der Waals surface area (Å²) >= 11 is 0. The highest BCUT2D eigenvalue weighted by Gasteiger charge is 2.29. The van der Waals surface area contributed by atoms with Crippen LogP contribution in [-0.4, -0.2) is 32.1 Å². The third-order valence-corrected chi connectivity index (χ3v) is 6.22. The normalized spacial score (nSPS) is 11.6. The van der Waals surface area contributed by atoms with E-state index in [4.69, 9.17) is 9.47 Å². The van der Waals surface area contributed by atoms with E-state index in [9.17, 15) is 23.1 Å². The maximum absolute atomic E-state index is 12.3. The van der Waals surface area contributed by atoms with E-state index < -0.39 is 19.9 Å². The van der Waals surface area contributed by atoms with Gasteiger partial charge in [-0.15, -0.1) is 0 Å². The number of nitro benzene ring substituents is 1. The first-order chi connectivity index (χ1) is 15.2. The number of hydrogen-bond donors (Lipinski definition) is 1. The van der Waals surface area contributed by atoms with E-state index in [0.717, 1.165) is 10.8 Å². The predicted molar refractivity (Wildman–Crippen MR) is 120 cm³/mol. The molecule has 0 spiro atoms. The van der Waals surface area contributed by atoms with Crippen molar-refractivity contribution in [1.82, 2.24) is 0 Å². The summed E-state index contributed by atoms with van der Waals surface area (Å²) in [6.07, 6.45) is 0.211. The standard InChI is InChI=1S/C23H19NO7S/c1-30-21-19(11-14-7-9-17(10-8-14)24(25)26)18-12-15-5-3-4-6-16(15)13-20(18)22(31-2)23(21)32(27,28)29/h3-10,12-13H,11H2,1-2H3,(H,27,28,29). The monoisotopic (exact) mass is 453 g/mol. The molecule has 4 aromatic carbocycles. The fourth-order valence-corrected chi connectivity index (χ4v) is 4.80. The molecule has 0 aliphatic rings. The third kappa shape index (κ3) is 3.72. The van der Waals surface area contributed by atoms with Crippen LogP contribution in [0.3, 0.4) is 0 Å². The number of nitro groups is 1. The van der Waals surface area contributed by atoms with Crippen molar-refractivity contribution in [2.24, 2.45) is 0 Å². The first kappa shape index (κ1) is 21.5. The molecule has 0 heterocycles. The van der Waals surface area contributed by atoms with Gasteiger partial charge in [-0.25, -0.2) is 0 Å². The Bertz CT molecular complexity index is 1460. The zero-order chi connectivity index (χ0) is 23.0. The van der Waals surface area contributed by atoms with Crippen LogP contribution in [0.15, 0.2) is 65.6 Å². The lowest BCUT2D eigenvalue weighted by atomic mass is 9.94. The van der Waals surface area contributed by atoms with E-state index in [0.29, 0.717) is 21.9 Å². The zero-order valence-corrected chi connectivity index (χ0v) is 18.0. The smallest absolute Gasteiger partial charge is 0.302 e. The van der Waals surface area contributed by atoms with Gasteiger partial charge in [-0.2, -0.15) is 8.42 Å². The van der Waals surface area contributed by atoms with Gasteiger partial charge in [0.15, 0.2) is 10.6 Å². The summed E-state index contributed by atoms with van der Waals surface area (Å²) in [5.74, 6) is -0.0527. The van der Waals surface area contributed by atoms with Crippen LogP contribution in [0.4, 0.5) is 5.69 Å². The van der Waals surface area contributed by atoms with Gasteiger partial charge in [-0.1, -0.05) is 36.4 Å². The Labute approximate surface area is 183 Å².